The minimum absolute atomic E-state index is 0.0000746. The number of rotatable bonds is 13. The van der Waals surface area contributed by atoms with Crippen LogP contribution in [0.4, 0.5) is 0 Å². The first-order chi connectivity index (χ1) is 16.4. The van der Waals surface area contributed by atoms with E-state index in [1.165, 1.54) is 34.4 Å². The number of carbonyl (C=O) groups is 2. The molecule has 0 saturated carbocycles. The maximum absolute atomic E-state index is 13.2. The average Bonchev–Trinajstić information content (AvgIpc) is 3.23. The van der Waals surface area contributed by atoms with E-state index in [0.717, 1.165) is 77.0 Å². The van der Waals surface area contributed by atoms with Gasteiger partial charge in [-0.15, -0.1) is 0 Å². The molecule has 0 aromatic heterocycles. The van der Waals surface area contributed by atoms with Gasteiger partial charge in [0.15, 0.2) is 0 Å². The molecule has 0 radical (unpaired) electrons. The van der Waals surface area contributed by atoms with E-state index in [4.69, 9.17) is 0 Å². The van der Waals surface area contributed by atoms with Crippen LogP contribution in [0.1, 0.15) is 134 Å². The third-order valence-corrected chi connectivity index (χ3v) is 8.56. The molecular weight excluding hydrogens is 418 g/mol. The molecule has 0 bridgehead atoms. The van der Waals surface area contributed by atoms with E-state index >= 15 is 0 Å². The Labute approximate surface area is 208 Å². The number of benzene rings is 1. The van der Waals surface area contributed by atoms with Crippen LogP contribution >= 0.6 is 0 Å². The first-order valence-corrected chi connectivity index (χ1v) is 14.1. The predicted molar refractivity (Wildman–Crippen MR) is 142 cm³/mol. The van der Waals surface area contributed by atoms with Gasteiger partial charge in [-0.1, -0.05) is 92.2 Å². The molecule has 0 N–H and O–H groups in total. The van der Waals surface area contributed by atoms with Crippen LogP contribution in [-0.4, -0.2) is 16.7 Å². The van der Waals surface area contributed by atoms with E-state index < -0.39 is 0 Å². The largest absolute Gasteiger partial charge is 0.269 e. The minimum Gasteiger partial charge on any atom is -0.269 e. The lowest BCUT2D eigenvalue weighted by molar-refractivity contribution is -0.145. The van der Waals surface area contributed by atoms with Crippen LogP contribution in [0.2, 0.25) is 0 Å². The highest BCUT2D eigenvalue weighted by atomic mass is 16.2. The Bertz CT molecular complexity index is 882. The highest BCUT2D eigenvalue weighted by molar-refractivity contribution is 6.13. The van der Waals surface area contributed by atoms with Crippen LogP contribution < -0.4 is 0 Å². The number of aryl methyl sites for hydroxylation is 1. The first kappa shape index (κ1) is 26.7. The number of amides is 2. The molecular formula is C31H47NO2. The third kappa shape index (κ3) is 4.07. The molecule has 2 aliphatic rings. The van der Waals surface area contributed by atoms with Gasteiger partial charge in [-0.3, -0.25) is 14.5 Å². The molecule has 0 unspecified atom stereocenters. The summed E-state index contributed by atoms with van der Waals surface area (Å²) in [5.74, 6) is -0.257. The lowest BCUT2D eigenvalue weighted by Crippen LogP contribution is -2.50. The molecule has 3 nitrogen and oxygen atoms in total. The average molecular weight is 466 g/mol. The summed E-state index contributed by atoms with van der Waals surface area (Å²) in [4.78, 5) is 28.1. The highest BCUT2D eigenvalue weighted by Gasteiger charge is 2.64. The molecule has 3 heteroatoms. The maximum atomic E-state index is 13.2. The van der Waals surface area contributed by atoms with E-state index in [9.17, 15) is 9.59 Å². The predicted octanol–water partition coefficient (Wildman–Crippen LogP) is 8.00. The number of hydrogen-bond donors (Lipinski definition) is 0. The molecule has 1 atom stereocenters. The molecule has 1 heterocycles. The van der Waals surface area contributed by atoms with E-state index in [-0.39, 0.29) is 28.7 Å². The molecule has 3 rings (SSSR count). The normalized spacial score (nSPS) is 20.4. The van der Waals surface area contributed by atoms with Crippen molar-refractivity contribution in [2.75, 3.05) is 0 Å². The summed E-state index contributed by atoms with van der Waals surface area (Å²) in [5.41, 5.74) is 5.71. The Balaban J connectivity index is 2.47. The standard InChI is InChI=1S/C31H47NO2/c1-7-13-23-15-16-25-28(24(23)14-8-2)30(19-9-3,20-10-4)31(21-11-5,22-12-6)29(25)32-26(33)17-18-27(32)34/h15-18,29H,7-14,19-22H2,1-6H3/t29-/m1/s1. The second-order valence-corrected chi connectivity index (χ2v) is 10.7. The number of hydrogen-bond acceptors (Lipinski definition) is 2. The fraction of sp³-hybridized carbons (Fsp3) is 0.677. The molecule has 1 aliphatic heterocycles. The number of fused-ring (bicyclic) bond motifs is 1. The summed E-state index contributed by atoms with van der Waals surface area (Å²) in [6, 6.07) is 4.48. The summed E-state index contributed by atoms with van der Waals surface area (Å²) < 4.78 is 0. The Kier molecular flexibility index (Phi) is 8.82. The zero-order valence-corrected chi connectivity index (χ0v) is 22.6. The van der Waals surface area contributed by atoms with Crippen LogP contribution in [0.15, 0.2) is 24.3 Å². The Morgan fingerprint density at radius 2 is 1.24 bits per heavy atom. The quantitative estimate of drug-likeness (QED) is 0.277. The molecule has 2 amide bonds. The molecule has 0 spiro atoms. The van der Waals surface area contributed by atoms with Crippen molar-refractivity contribution in [2.24, 2.45) is 5.41 Å². The van der Waals surface area contributed by atoms with Crippen molar-refractivity contribution in [3.63, 3.8) is 0 Å². The van der Waals surface area contributed by atoms with E-state index in [2.05, 4.69) is 53.7 Å². The fourth-order valence-corrected chi connectivity index (χ4v) is 7.90. The topological polar surface area (TPSA) is 37.4 Å². The van der Waals surface area contributed by atoms with Crippen molar-refractivity contribution in [3.05, 3.63) is 46.5 Å². The summed E-state index contributed by atoms with van der Waals surface area (Å²) in [6.45, 7) is 13.7. The number of imide groups is 1. The van der Waals surface area contributed by atoms with E-state index in [1.54, 1.807) is 4.90 Å². The van der Waals surface area contributed by atoms with Crippen LogP contribution in [-0.2, 0) is 27.8 Å². The summed E-state index contributed by atoms with van der Waals surface area (Å²) >= 11 is 0. The summed E-state index contributed by atoms with van der Waals surface area (Å²) in [5, 5.41) is 0. The van der Waals surface area contributed by atoms with Crippen molar-refractivity contribution in [1.82, 2.24) is 4.90 Å². The van der Waals surface area contributed by atoms with Gasteiger partial charge in [-0.05, 0) is 60.8 Å². The SMILES string of the molecule is CCCc1ccc2c(c1CCC)C(CCC)(CCC)C(CCC)(CCC)[C@@H]2N1C(=O)C=CC1=O. The third-order valence-electron chi connectivity index (χ3n) is 8.56. The monoisotopic (exact) mass is 465 g/mol. The van der Waals surface area contributed by atoms with Crippen molar-refractivity contribution in [1.29, 1.82) is 0 Å². The Morgan fingerprint density at radius 3 is 1.71 bits per heavy atom. The number of carbonyl (C=O) groups excluding carboxylic acids is 2. The second-order valence-electron chi connectivity index (χ2n) is 10.7. The molecule has 188 valence electrons. The van der Waals surface area contributed by atoms with Crippen molar-refractivity contribution >= 4 is 11.8 Å². The molecule has 1 aliphatic carbocycles. The maximum Gasteiger partial charge on any atom is 0.254 e. The minimum atomic E-state index is -0.165. The second kappa shape index (κ2) is 11.2. The zero-order valence-electron chi connectivity index (χ0n) is 22.6. The molecule has 0 fully saturated rings. The van der Waals surface area contributed by atoms with Gasteiger partial charge in [0.25, 0.3) is 11.8 Å². The summed E-state index contributed by atoms with van der Waals surface area (Å²) in [6.07, 6.45) is 16.1. The first-order valence-electron chi connectivity index (χ1n) is 14.1. The van der Waals surface area contributed by atoms with Gasteiger partial charge < -0.3 is 0 Å². The molecule has 1 aromatic carbocycles. The summed E-state index contributed by atoms with van der Waals surface area (Å²) in [7, 11) is 0. The van der Waals surface area contributed by atoms with E-state index in [0.29, 0.717) is 0 Å². The van der Waals surface area contributed by atoms with Crippen molar-refractivity contribution in [3.8, 4) is 0 Å². The van der Waals surface area contributed by atoms with E-state index in [1.807, 2.05) is 0 Å². The van der Waals surface area contributed by atoms with Crippen LogP contribution in [0.3, 0.4) is 0 Å². The molecule has 0 saturated heterocycles. The zero-order chi connectivity index (χ0) is 24.9. The van der Waals surface area contributed by atoms with Crippen molar-refractivity contribution < 1.29 is 9.59 Å². The van der Waals surface area contributed by atoms with Crippen LogP contribution in [0.25, 0.3) is 0 Å². The molecule has 34 heavy (non-hydrogen) atoms. The van der Waals surface area contributed by atoms with Gasteiger partial charge in [-0.25, -0.2) is 0 Å². The Hall–Kier alpha value is -1.90. The van der Waals surface area contributed by atoms with Gasteiger partial charge in [0.2, 0.25) is 0 Å². The van der Waals surface area contributed by atoms with Crippen LogP contribution in [0, 0.1) is 5.41 Å². The fourth-order valence-electron chi connectivity index (χ4n) is 7.90. The molecule has 1 aromatic rings. The van der Waals surface area contributed by atoms with Gasteiger partial charge in [0.1, 0.15) is 0 Å². The smallest absolute Gasteiger partial charge is 0.254 e. The van der Waals surface area contributed by atoms with Gasteiger partial charge in [-0.2, -0.15) is 0 Å². The lowest BCUT2D eigenvalue weighted by Gasteiger charge is -2.52. The van der Waals surface area contributed by atoms with Gasteiger partial charge in [0, 0.05) is 23.0 Å². The lowest BCUT2D eigenvalue weighted by atomic mass is 9.54. The Morgan fingerprint density at radius 1 is 0.706 bits per heavy atom. The highest BCUT2D eigenvalue weighted by Crippen LogP contribution is 2.68. The van der Waals surface area contributed by atoms with Crippen LogP contribution in [0.5, 0.6) is 0 Å². The van der Waals surface area contributed by atoms with Gasteiger partial charge >= 0.3 is 0 Å². The van der Waals surface area contributed by atoms with Gasteiger partial charge in [0.05, 0.1) is 6.04 Å². The number of nitrogens with zero attached hydrogens (tertiary/aromatic N) is 1. The van der Waals surface area contributed by atoms with Crippen molar-refractivity contribution in [2.45, 2.75) is 130 Å².